The Bertz CT molecular complexity index is 1610. The molecular weight excluding hydrogens is 554 g/mol. The van der Waals surface area contributed by atoms with Crippen molar-refractivity contribution in [3.8, 4) is 40.4 Å². The lowest BCUT2D eigenvalue weighted by Crippen LogP contribution is -2.19. The fourth-order valence-corrected chi connectivity index (χ4v) is 4.47. The SMILES string of the molecule is COc1ccccc1Oc1c(NS(=O)(=O)c2ccc(C(C)(C)O)cn2)nc(-c2ccnc(OCCO)c2)nc1OC. The molecule has 0 fully saturated rings. The predicted octanol–water partition coefficient (Wildman–Crippen LogP) is 3.14. The number of hydrogen-bond donors (Lipinski definition) is 3. The summed E-state index contributed by atoms with van der Waals surface area (Å²) in [6.07, 6.45) is 2.73. The average molecular weight is 584 g/mol. The van der Waals surface area contributed by atoms with E-state index in [0.717, 1.165) is 0 Å². The number of aliphatic hydroxyl groups is 2. The van der Waals surface area contributed by atoms with Gasteiger partial charge in [0, 0.05) is 29.6 Å². The second-order valence-electron chi connectivity index (χ2n) is 8.99. The van der Waals surface area contributed by atoms with Gasteiger partial charge in [-0.1, -0.05) is 18.2 Å². The third-order valence-corrected chi connectivity index (χ3v) is 6.85. The molecule has 4 aromatic rings. The molecule has 14 heteroatoms. The first-order chi connectivity index (χ1) is 19.6. The van der Waals surface area contributed by atoms with Crippen molar-refractivity contribution in [3.63, 3.8) is 0 Å². The number of sulfonamides is 1. The monoisotopic (exact) mass is 583 g/mol. The second kappa shape index (κ2) is 12.3. The molecule has 3 aromatic heterocycles. The first-order valence-corrected chi connectivity index (χ1v) is 13.7. The summed E-state index contributed by atoms with van der Waals surface area (Å²) in [5, 5.41) is 19.0. The lowest BCUT2D eigenvalue weighted by molar-refractivity contribution is 0.0781. The Morgan fingerprint density at radius 2 is 1.73 bits per heavy atom. The third-order valence-electron chi connectivity index (χ3n) is 5.59. The molecule has 0 unspecified atom stereocenters. The summed E-state index contributed by atoms with van der Waals surface area (Å²) in [6.45, 7) is 2.94. The quantitative estimate of drug-likeness (QED) is 0.222. The maximum Gasteiger partial charge on any atom is 0.280 e. The number of aromatic nitrogens is 4. The van der Waals surface area contributed by atoms with Crippen molar-refractivity contribution in [1.29, 1.82) is 0 Å². The van der Waals surface area contributed by atoms with Gasteiger partial charge in [0.05, 0.1) is 26.4 Å². The Labute approximate surface area is 236 Å². The van der Waals surface area contributed by atoms with Crippen LogP contribution in [0.15, 0.2) is 66.0 Å². The molecule has 0 saturated carbocycles. The fourth-order valence-electron chi connectivity index (χ4n) is 3.53. The molecular formula is C27H29N5O8S. The molecule has 0 bridgehead atoms. The zero-order chi connectivity index (χ0) is 29.6. The molecule has 216 valence electrons. The van der Waals surface area contributed by atoms with Crippen LogP contribution in [0.25, 0.3) is 11.4 Å². The Kier molecular flexibility index (Phi) is 8.86. The van der Waals surface area contributed by atoms with E-state index in [2.05, 4.69) is 24.7 Å². The number of anilines is 1. The van der Waals surface area contributed by atoms with Crippen molar-refractivity contribution in [2.24, 2.45) is 0 Å². The van der Waals surface area contributed by atoms with Crippen LogP contribution in [0, 0.1) is 0 Å². The number of nitrogens with one attached hydrogen (secondary N) is 1. The van der Waals surface area contributed by atoms with Crippen LogP contribution in [0.1, 0.15) is 19.4 Å². The third kappa shape index (κ3) is 6.98. The molecule has 0 aliphatic heterocycles. The van der Waals surface area contributed by atoms with Crippen LogP contribution in [0.2, 0.25) is 0 Å². The number of rotatable bonds is 12. The van der Waals surface area contributed by atoms with Crippen molar-refractivity contribution >= 4 is 15.8 Å². The molecule has 1 aromatic carbocycles. The van der Waals surface area contributed by atoms with Gasteiger partial charge in [-0.05, 0) is 38.1 Å². The van der Waals surface area contributed by atoms with Crippen molar-refractivity contribution in [2.75, 3.05) is 32.2 Å². The summed E-state index contributed by atoms with van der Waals surface area (Å²) in [5.74, 6) is 0.417. The van der Waals surface area contributed by atoms with Gasteiger partial charge >= 0.3 is 0 Å². The minimum Gasteiger partial charge on any atom is -0.493 e. The van der Waals surface area contributed by atoms with Crippen LogP contribution in [0.5, 0.6) is 29.0 Å². The Morgan fingerprint density at radius 1 is 0.976 bits per heavy atom. The molecule has 0 spiro atoms. The summed E-state index contributed by atoms with van der Waals surface area (Å²) in [5.41, 5.74) is -0.361. The predicted molar refractivity (Wildman–Crippen MR) is 148 cm³/mol. The summed E-state index contributed by atoms with van der Waals surface area (Å²) in [7, 11) is -1.51. The van der Waals surface area contributed by atoms with E-state index in [9.17, 15) is 13.5 Å². The number of para-hydroxylation sites is 2. The molecule has 3 N–H and O–H groups in total. The zero-order valence-electron chi connectivity index (χ0n) is 22.7. The van der Waals surface area contributed by atoms with Crippen molar-refractivity contribution in [3.05, 3.63) is 66.5 Å². The largest absolute Gasteiger partial charge is 0.493 e. The smallest absolute Gasteiger partial charge is 0.280 e. The number of pyridine rings is 2. The highest BCUT2D eigenvalue weighted by atomic mass is 32.2. The number of benzene rings is 1. The highest BCUT2D eigenvalue weighted by Gasteiger charge is 2.26. The van der Waals surface area contributed by atoms with E-state index in [1.807, 2.05) is 0 Å². The molecule has 13 nitrogen and oxygen atoms in total. The number of nitrogens with zero attached hydrogens (tertiary/aromatic N) is 4. The molecule has 0 aliphatic rings. The Hall–Kier alpha value is -4.53. The van der Waals surface area contributed by atoms with Crippen LogP contribution < -0.4 is 23.7 Å². The molecule has 3 heterocycles. The number of ether oxygens (including phenoxy) is 4. The van der Waals surface area contributed by atoms with Gasteiger partial charge in [-0.3, -0.25) is 4.72 Å². The number of aliphatic hydroxyl groups excluding tert-OH is 1. The van der Waals surface area contributed by atoms with Gasteiger partial charge in [-0.15, -0.1) is 0 Å². The van der Waals surface area contributed by atoms with Crippen LogP contribution in [-0.2, 0) is 15.6 Å². The van der Waals surface area contributed by atoms with Crippen LogP contribution in [0.4, 0.5) is 5.82 Å². The fraction of sp³-hybridized carbons (Fsp3) is 0.259. The van der Waals surface area contributed by atoms with Gasteiger partial charge in [0.2, 0.25) is 11.6 Å². The van der Waals surface area contributed by atoms with Gasteiger partial charge in [0.25, 0.3) is 15.9 Å². The molecule has 41 heavy (non-hydrogen) atoms. The lowest BCUT2D eigenvalue weighted by Gasteiger charge is -2.18. The molecule has 0 amide bonds. The topological polar surface area (TPSA) is 175 Å². The lowest BCUT2D eigenvalue weighted by atomic mass is 10.0. The first-order valence-electron chi connectivity index (χ1n) is 12.2. The minimum atomic E-state index is -4.31. The van der Waals surface area contributed by atoms with Gasteiger partial charge in [0.15, 0.2) is 28.2 Å². The van der Waals surface area contributed by atoms with E-state index in [-0.39, 0.29) is 53.1 Å². The second-order valence-corrected chi connectivity index (χ2v) is 10.6. The summed E-state index contributed by atoms with van der Waals surface area (Å²) >= 11 is 0. The molecule has 0 aliphatic carbocycles. The highest BCUT2D eigenvalue weighted by molar-refractivity contribution is 7.92. The summed E-state index contributed by atoms with van der Waals surface area (Å²) in [4.78, 5) is 17.0. The van der Waals surface area contributed by atoms with Gasteiger partial charge in [-0.2, -0.15) is 13.4 Å². The van der Waals surface area contributed by atoms with Crippen molar-refractivity contribution < 1.29 is 37.6 Å². The number of hydrogen-bond acceptors (Lipinski definition) is 12. The first kappa shape index (κ1) is 29.5. The van der Waals surface area contributed by atoms with Gasteiger partial charge in [0.1, 0.15) is 6.61 Å². The average Bonchev–Trinajstić information content (AvgIpc) is 2.96. The van der Waals surface area contributed by atoms with Crippen LogP contribution >= 0.6 is 0 Å². The standard InChI is InChI=1S/C27H29N5O8S/c1-27(2,34)18-9-10-22(29-16-18)41(35,36)32-25-23(40-20-8-6-5-7-19(20)37-3)26(38-4)31-24(30-25)17-11-12-28-21(15-17)39-14-13-33/h5-12,15-16,33-34H,13-14H2,1-4H3,(H,30,31,32). The molecule has 0 radical (unpaired) electrons. The summed E-state index contributed by atoms with van der Waals surface area (Å²) in [6, 6.07) is 12.6. The van der Waals surface area contributed by atoms with E-state index in [1.54, 1.807) is 44.2 Å². The molecule has 0 atom stereocenters. The van der Waals surface area contributed by atoms with E-state index in [1.165, 1.54) is 44.8 Å². The maximum absolute atomic E-state index is 13.4. The normalized spacial score (nSPS) is 11.6. The van der Waals surface area contributed by atoms with Crippen LogP contribution in [0.3, 0.4) is 0 Å². The van der Waals surface area contributed by atoms with E-state index < -0.39 is 15.6 Å². The Morgan fingerprint density at radius 3 is 2.37 bits per heavy atom. The van der Waals surface area contributed by atoms with Crippen molar-refractivity contribution in [2.45, 2.75) is 24.5 Å². The van der Waals surface area contributed by atoms with E-state index in [0.29, 0.717) is 16.9 Å². The Balaban J connectivity index is 1.83. The number of methoxy groups -OCH3 is 2. The van der Waals surface area contributed by atoms with E-state index in [4.69, 9.17) is 24.1 Å². The zero-order valence-corrected chi connectivity index (χ0v) is 23.5. The van der Waals surface area contributed by atoms with E-state index >= 15 is 0 Å². The van der Waals surface area contributed by atoms with Gasteiger partial charge in [-0.25, -0.2) is 15.0 Å². The highest BCUT2D eigenvalue weighted by Crippen LogP contribution is 2.41. The molecule has 4 rings (SSSR count). The summed E-state index contributed by atoms with van der Waals surface area (Å²) < 4.78 is 51.6. The minimum absolute atomic E-state index is 0.0244. The van der Waals surface area contributed by atoms with Gasteiger partial charge < -0.3 is 29.2 Å². The van der Waals surface area contributed by atoms with Crippen molar-refractivity contribution in [1.82, 2.24) is 19.9 Å². The van der Waals surface area contributed by atoms with Crippen LogP contribution in [-0.4, -0.2) is 66.0 Å². The molecule has 0 saturated heterocycles. The maximum atomic E-state index is 13.4.